The first-order chi connectivity index (χ1) is 8.52. The summed E-state index contributed by atoms with van der Waals surface area (Å²) in [7, 11) is 1.73. The number of hydrogen-bond donors (Lipinski definition) is 1. The highest BCUT2D eigenvalue weighted by Crippen LogP contribution is 2.52. The van der Waals surface area contributed by atoms with Crippen LogP contribution in [0.25, 0.3) is 0 Å². The predicted molar refractivity (Wildman–Crippen MR) is 68.4 cm³/mol. The molecule has 0 heterocycles. The Kier molecular flexibility index (Phi) is 3.36. The summed E-state index contributed by atoms with van der Waals surface area (Å²) < 4.78 is 0. The summed E-state index contributed by atoms with van der Waals surface area (Å²) in [6.45, 7) is 0. The highest BCUT2D eigenvalue weighted by molar-refractivity contribution is 5.93. The van der Waals surface area contributed by atoms with E-state index >= 15 is 0 Å². The summed E-state index contributed by atoms with van der Waals surface area (Å²) in [5.41, 5.74) is 0.556. The van der Waals surface area contributed by atoms with Gasteiger partial charge in [0.2, 0.25) is 5.91 Å². The van der Waals surface area contributed by atoms with E-state index in [1.807, 2.05) is 30.3 Å². The molecule has 0 bridgehead atoms. The summed E-state index contributed by atoms with van der Waals surface area (Å²) in [5.74, 6) is -0.831. The lowest BCUT2D eigenvalue weighted by Crippen LogP contribution is -2.29. The van der Waals surface area contributed by atoms with Gasteiger partial charge in [-0.25, -0.2) is 0 Å². The molecular weight excluding hydrogens is 230 g/mol. The second-order valence-electron chi connectivity index (χ2n) is 5.04. The van der Waals surface area contributed by atoms with Gasteiger partial charge in [-0.2, -0.15) is 0 Å². The zero-order chi connectivity index (χ0) is 13.2. The number of rotatable bonds is 5. The molecular formula is C14H17NO3. The van der Waals surface area contributed by atoms with Crippen LogP contribution in [0.2, 0.25) is 0 Å². The number of nitrogens with zero attached hydrogens (tertiary/aromatic N) is 1. The van der Waals surface area contributed by atoms with Crippen molar-refractivity contribution in [3.63, 3.8) is 0 Å². The Bertz CT molecular complexity index is 451. The fourth-order valence-corrected chi connectivity index (χ4v) is 2.15. The van der Waals surface area contributed by atoms with Gasteiger partial charge in [-0.1, -0.05) is 18.2 Å². The second-order valence-corrected chi connectivity index (χ2v) is 5.04. The first kappa shape index (κ1) is 12.6. The topological polar surface area (TPSA) is 57.6 Å². The van der Waals surface area contributed by atoms with Crippen LogP contribution in [0.3, 0.4) is 0 Å². The molecule has 0 unspecified atom stereocenters. The highest BCUT2D eigenvalue weighted by Gasteiger charge is 2.46. The predicted octanol–water partition coefficient (Wildman–Crippen LogP) is 2.29. The molecule has 1 N–H and O–H groups in total. The molecule has 96 valence electrons. The molecule has 4 heteroatoms. The summed E-state index contributed by atoms with van der Waals surface area (Å²) in [4.78, 5) is 24.5. The quantitative estimate of drug-likeness (QED) is 0.868. The lowest BCUT2D eigenvalue weighted by Gasteiger charge is -2.20. The molecule has 0 saturated heterocycles. The molecule has 1 aromatic carbocycles. The Balaban J connectivity index is 1.98. The van der Waals surface area contributed by atoms with Gasteiger partial charge in [0.25, 0.3) is 0 Å². The number of amides is 1. The molecule has 1 aliphatic carbocycles. The van der Waals surface area contributed by atoms with Gasteiger partial charge in [0.15, 0.2) is 0 Å². The van der Waals surface area contributed by atoms with Crippen molar-refractivity contribution in [2.45, 2.75) is 25.7 Å². The monoisotopic (exact) mass is 247 g/mol. The smallest absolute Gasteiger partial charge is 0.303 e. The van der Waals surface area contributed by atoms with Crippen molar-refractivity contribution in [3.05, 3.63) is 30.3 Å². The maximum Gasteiger partial charge on any atom is 0.303 e. The van der Waals surface area contributed by atoms with Crippen LogP contribution in [-0.4, -0.2) is 24.0 Å². The average molecular weight is 247 g/mol. The fraction of sp³-hybridized carbons (Fsp3) is 0.429. The van der Waals surface area contributed by atoms with Crippen molar-refractivity contribution in [2.75, 3.05) is 11.9 Å². The Hall–Kier alpha value is -1.84. The molecule has 1 amide bonds. The normalized spacial score (nSPS) is 16.1. The minimum atomic E-state index is -0.817. The van der Waals surface area contributed by atoms with Crippen molar-refractivity contribution in [3.8, 4) is 0 Å². The van der Waals surface area contributed by atoms with Crippen LogP contribution in [0.4, 0.5) is 5.69 Å². The number of para-hydroxylation sites is 1. The van der Waals surface area contributed by atoms with E-state index in [0.717, 1.165) is 18.5 Å². The summed E-state index contributed by atoms with van der Waals surface area (Å²) in [6, 6.07) is 9.39. The van der Waals surface area contributed by atoms with Gasteiger partial charge in [-0.15, -0.1) is 0 Å². The van der Waals surface area contributed by atoms with E-state index in [9.17, 15) is 9.59 Å². The largest absolute Gasteiger partial charge is 0.481 e. The third-order valence-corrected chi connectivity index (χ3v) is 3.53. The van der Waals surface area contributed by atoms with Gasteiger partial charge in [0.1, 0.15) is 0 Å². The van der Waals surface area contributed by atoms with Crippen molar-refractivity contribution < 1.29 is 14.7 Å². The van der Waals surface area contributed by atoms with Crippen LogP contribution < -0.4 is 4.90 Å². The minimum absolute atomic E-state index is 0.0139. The molecule has 18 heavy (non-hydrogen) atoms. The number of benzene rings is 1. The number of carboxylic acid groups (broad SMARTS) is 1. The molecule has 1 saturated carbocycles. The molecule has 0 aliphatic heterocycles. The Morgan fingerprint density at radius 3 is 2.33 bits per heavy atom. The van der Waals surface area contributed by atoms with Gasteiger partial charge >= 0.3 is 5.97 Å². The third-order valence-electron chi connectivity index (χ3n) is 3.53. The van der Waals surface area contributed by atoms with E-state index < -0.39 is 5.97 Å². The molecule has 0 aromatic heterocycles. The number of hydrogen-bond acceptors (Lipinski definition) is 2. The number of aliphatic carboxylic acids is 1. The van der Waals surface area contributed by atoms with Crippen molar-refractivity contribution in [1.29, 1.82) is 0 Å². The number of carbonyl (C=O) groups excluding carboxylic acids is 1. The first-order valence-electron chi connectivity index (χ1n) is 6.06. The van der Waals surface area contributed by atoms with Crippen LogP contribution in [0.1, 0.15) is 25.7 Å². The zero-order valence-electron chi connectivity index (χ0n) is 10.4. The standard InChI is InChI=1S/C14H17NO3/c1-15(11-5-3-2-4-6-11)12(16)9-14(7-8-14)10-13(17)18/h2-6H,7-10H2,1H3,(H,17,18). The second kappa shape index (κ2) is 4.80. The molecule has 0 radical (unpaired) electrons. The van der Waals surface area contributed by atoms with Gasteiger partial charge in [0, 0.05) is 19.2 Å². The summed E-state index contributed by atoms with van der Waals surface area (Å²) in [6.07, 6.45) is 2.10. The van der Waals surface area contributed by atoms with Crippen LogP contribution in [0.15, 0.2) is 30.3 Å². The van der Waals surface area contributed by atoms with E-state index in [0.29, 0.717) is 6.42 Å². The number of anilines is 1. The lowest BCUT2D eigenvalue weighted by atomic mass is 9.97. The molecule has 4 nitrogen and oxygen atoms in total. The lowest BCUT2D eigenvalue weighted by molar-refractivity contribution is -0.138. The van der Waals surface area contributed by atoms with E-state index in [2.05, 4.69) is 0 Å². The Morgan fingerprint density at radius 1 is 1.22 bits per heavy atom. The van der Waals surface area contributed by atoms with Crippen LogP contribution in [-0.2, 0) is 9.59 Å². The molecule has 0 atom stereocenters. The van der Waals surface area contributed by atoms with E-state index in [1.54, 1.807) is 11.9 Å². The minimum Gasteiger partial charge on any atom is -0.481 e. The van der Waals surface area contributed by atoms with Crippen molar-refractivity contribution in [2.24, 2.45) is 5.41 Å². The maximum atomic E-state index is 12.1. The van der Waals surface area contributed by atoms with Crippen molar-refractivity contribution in [1.82, 2.24) is 0 Å². The maximum absolute atomic E-state index is 12.1. The Labute approximate surface area is 106 Å². The van der Waals surface area contributed by atoms with Gasteiger partial charge in [-0.05, 0) is 30.4 Å². The van der Waals surface area contributed by atoms with E-state index in [4.69, 9.17) is 5.11 Å². The molecule has 1 aromatic rings. The Morgan fingerprint density at radius 2 is 1.83 bits per heavy atom. The summed E-state index contributed by atoms with van der Waals surface area (Å²) >= 11 is 0. The first-order valence-corrected chi connectivity index (χ1v) is 6.06. The number of carbonyl (C=O) groups is 2. The van der Waals surface area contributed by atoms with E-state index in [-0.39, 0.29) is 17.7 Å². The molecule has 0 spiro atoms. The van der Waals surface area contributed by atoms with Crippen LogP contribution in [0, 0.1) is 5.41 Å². The highest BCUT2D eigenvalue weighted by atomic mass is 16.4. The third kappa shape index (κ3) is 2.88. The van der Waals surface area contributed by atoms with E-state index in [1.165, 1.54) is 0 Å². The van der Waals surface area contributed by atoms with Crippen LogP contribution in [0.5, 0.6) is 0 Å². The fourth-order valence-electron chi connectivity index (χ4n) is 2.15. The van der Waals surface area contributed by atoms with Crippen LogP contribution >= 0.6 is 0 Å². The van der Waals surface area contributed by atoms with Gasteiger partial charge in [0.05, 0.1) is 6.42 Å². The van der Waals surface area contributed by atoms with Gasteiger partial charge < -0.3 is 10.0 Å². The molecule has 1 fully saturated rings. The van der Waals surface area contributed by atoms with Crippen molar-refractivity contribution >= 4 is 17.6 Å². The zero-order valence-corrected chi connectivity index (χ0v) is 10.4. The van der Waals surface area contributed by atoms with Gasteiger partial charge in [-0.3, -0.25) is 9.59 Å². The molecule has 2 rings (SSSR count). The average Bonchev–Trinajstić information content (AvgIpc) is 3.07. The number of carboxylic acids is 1. The molecule has 1 aliphatic rings. The SMILES string of the molecule is CN(C(=O)CC1(CC(=O)O)CC1)c1ccccc1. The summed E-state index contributed by atoms with van der Waals surface area (Å²) in [5, 5.41) is 8.83.